The first-order valence-electron chi connectivity index (χ1n) is 7.13. The highest BCUT2D eigenvalue weighted by Crippen LogP contribution is 2.32. The highest BCUT2D eigenvalue weighted by Gasteiger charge is 2.44. The van der Waals surface area contributed by atoms with E-state index in [1.54, 1.807) is 4.90 Å². The zero-order chi connectivity index (χ0) is 14.9. The fraction of sp³-hybridized carbons (Fsp3) is 0.562. The number of hydrogen-bond donors (Lipinski definition) is 1. The van der Waals surface area contributed by atoms with Crippen LogP contribution in [0.5, 0.6) is 0 Å². The third kappa shape index (κ3) is 2.99. The summed E-state index contributed by atoms with van der Waals surface area (Å²) in [6, 6.07) is 7.46. The number of rotatable bonds is 4. The Hall–Kier alpha value is -1.06. The first-order chi connectivity index (χ1) is 9.36. The predicted octanol–water partition coefficient (Wildman–Crippen LogP) is 3.06. The molecule has 1 N–H and O–H groups in total. The molecule has 1 heterocycles. The highest BCUT2D eigenvalue weighted by atomic mass is 35.5. The van der Waals surface area contributed by atoms with Crippen LogP contribution in [-0.2, 0) is 4.79 Å². The molecule has 1 saturated heterocycles. The van der Waals surface area contributed by atoms with Crippen LogP contribution >= 0.6 is 11.6 Å². The summed E-state index contributed by atoms with van der Waals surface area (Å²) >= 11 is 5.90. The van der Waals surface area contributed by atoms with E-state index in [0.29, 0.717) is 24.5 Å². The smallest absolute Gasteiger partial charge is 0.230 e. The number of likely N-dealkylation sites (tertiary alicyclic amines) is 1. The topological polar surface area (TPSA) is 40.5 Å². The van der Waals surface area contributed by atoms with Crippen molar-refractivity contribution >= 4 is 17.5 Å². The van der Waals surface area contributed by atoms with Crippen molar-refractivity contribution in [1.82, 2.24) is 4.90 Å². The Balaban J connectivity index is 2.14. The second-order valence-corrected chi connectivity index (χ2v) is 6.48. The maximum Gasteiger partial charge on any atom is 0.230 e. The molecule has 4 heteroatoms. The molecule has 1 fully saturated rings. The van der Waals surface area contributed by atoms with Gasteiger partial charge in [0.25, 0.3) is 0 Å². The number of amides is 1. The van der Waals surface area contributed by atoms with E-state index in [9.17, 15) is 9.90 Å². The van der Waals surface area contributed by atoms with Gasteiger partial charge in [-0.25, -0.2) is 0 Å². The van der Waals surface area contributed by atoms with Crippen LogP contribution < -0.4 is 0 Å². The summed E-state index contributed by atoms with van der Waals surface area (Å²) in [7, 11) is 0. The van der Waals surface area contributed by atoms with Crippen LogP contribution in [0.4, 0.5) is 0 Å². The van der Waals surface area contributed by atoms with Crippen molar-refractivity contribution in [3.05, 3.63) is 34.9 Å². The lowest BCUT2D eigenvalue weighted by molar-refractivity contribution is -0.158. The molecule has 1 aliphatic heterocycles. The Labute approximate surface area is 125 Å². The average Bonchev–Trinajstić information content (AvgIpc) is 2.37. The SMILES string of the molecule is CCC1(O)CN(C(=O)C(c2ccc(Cl)cc2)C(C)C)C1. The van der Waals surface area contributed by atoms with Gasteiger partial charge < -0.3 is 10.0 Å². The minimum Gasteiger partial charge on any atom is -0.386 e. The molecule has 0 spiro atoms. The molecule has 1 aliphatic rings. The van der Waals surface area contributed by atoms with Crippen LogP contribution in [0.25, 0.3) is 0 Å². The quantitative estimate of drug-likeness (QED) is 0.927. The molecule has 1 aromatic carbocycles. The van der Waals surface area contributed by atoms with E-state index in [1.165, 1.54) is 0 Å². The molecule has 0 saturated carbocycles. The Morgan fingerprint density at radius 2 is 1.90 bits per heavy atom. The zero-order valence-corrected chi connectivity index (χ0v) is 13.0. The van der Waals surface area contributed by atoms with Gasteiger partial charge in [-0.3, -0.25) is 4.79 Å². The second-order valence-electron chi connectivity index (χ2n) is 6.05. The van der Waals surface area contributed by atoms with Crippen LogP contribution in [-0.4, -0.2) is 34.6 Å². The minimum absolute atomic E-state index is 0.0976. The summed E-state index contributed by atoms with van der Waals surface area (Å²) in [4.78, 5) is 14.4. The lowest BCUT2D eigenvalue weighted by Crippen LogP contribution is -2.64. The number of benzene rings is 1. The Kier molecular flexibility index (Phi) is 4.40. The van der Waals surface area contributed by atoms with Crippen molar-refractivity contribution in [3.63, 3.8) is 0 Å². The molecule has 2 rings (SSSR count). The first-order valence-corrected chi connectivity index (χ1v) is 7.51. The van der Waals surface area contributed by atoms with Gasteiger partial charge in [-0.2, -0.15) is 0 Å². The second kappa shape index (κ2) is 5.74. The van der Waals surface area contributed by atoms with E-state index in [1.807, 2.05) is 45.0 Å². The molecule has 20 heavy (non-hydrogen) atoms. The maximum absolute atomic E-state index is 12.6. The number of aliphatic hydroxyl groups is 1. The minimum atomic E-state index is -0.683. The van der Waals surface area contributed by atoms with Crippen LogP contribution in [0.15, 0.2) is 24.3 Å². The molecular formula is C16H22ClNO2. The van der Waals surface area contributed by atoms with Gasteiger partial charge in [-0.1, -0.05) is 44.5 Å². The van der Waals surface area contributed by atoms with E-state index >= 15 is 0 Å². The molecule has 1 aromatic rings. The molecule has 1 atom stereocenters. The molecule has 110 valence electrons. The summed E-state index contributed by atoms with van der Waals surface area (Å²) in [5, 5.41) is 10.7. The molecule has 1 amide bonds. The number of halogens is 1. The largest absolute Gasteiger partial charge is 0.386 e. The van der Waals surface area contributed by atoms with Crippen LogP contribution in [0.2, 0.25) is 5.02 Å². The predicted molar refractivity (Wildman–Crippen MR) is 80.9 cm³/mol. The summed E-state index contributed by atoms with van der Waals surface area (Å²) < 4.78 is 0. The van der Waals surface area contributed by atoms with Gasteiger partial charge in [0, 0.05) is 5.02 Å². The summed E-state index contributed by atoms with van der Waals surface area (Å²) in [6.07, 6.45) is 0.685. The van der Waals surface area contributed by atoms with Crippen LogP contribution in [0, 0.1) is 5.92 Å². The third-order valence-electron chi connectivity index (χ3n) is 4.10. The Morgan fingerprint density at radius 1 is 1.35 bits per heavy atom. The zero-order valence-electron chi connectivity index (χ0n) is 12.3. The molecule has 3 nitrogen and oxygen atoms in total. The van der Waals surface area contributed by atoms with Gasteiger partial charge >= 0.3 is 0 Å². The van der Waals surface area contributed by atoms with Crippen LogP contribution in [0.1, 0.15) is 38.7 Å². The molecule has 0 radical (unpaired) electrons. The van der Waals surface area contributed by atoms with Crippen molar-refractivity contribution in [2.45, 2.75) is 38.7 Å². The highest BCUT2D eigenvalue weighted by molar-refractivity contribution is 6.30. The number of carbonyl (C=O) groups excluding carboxylic acids is 1. The average molecular weight is 296 g/mol. The summed E-state index contributed by atoms with van der Waals surface area (Å²) in [5.41, 5.74) is 0.304. The van der Waals surface area contributed by atoms with Gasteiger partial charge in [0.05, 0.1) is 24.6 Å². The molecule has 1 unspecified atom stereocenters. The van der Waals surface area contributed by atoms with E-state index in [-0.39, 0.29) is 17.7 Å². The van der Waals surface area contributed by atoms with E-state index in [4.69, 9.17) is 11.6 Å². The van der Waals surface area contributed by atoms with Gasteiger partial charge in [0.2, 0.25) is 5.91 Å². The maximum atomic E-state index is 12.6. The van der Waals surface area contributed by atoms with Gasteiger partial charge in [-0.05, 0) is 30.0 Å². The standard InChI is InChI=1S/C16H22ClNO2/c1-4-16(20)9-18(10-16)15(19)14(11(2)3)12-5-7-13(17)8-6-12/h5-8,11,14,20H,4,9-10H2,1-3H3. The number of nitrogens with zero attached hydrogens (tertiary/aromatic N) is 1. The Morgan fingerprint density at radius 3 is 2.35 bits per heavy atom. The van der Waals surface area contributed by atoms with Crippen molar-refractivity contribution < 1.29 is 9.90 Å². The normalized spacial score (nSPS) is 18.8. The van der Waals surface area contributed by atoms with Crippen molar-refractivity contribution in [2.75, 3.05) is 13.1 Å². The fourth-order valence-electron chi connectivity index (χ4n) is 2.72. The number of carbonyl (C=O) groups is 1. The first kappa shape index (κ1) is 15.3. The lowest BCUT2D eigenvalue weighted by atomic mass is 9.83. The van der Waals surface area contributed by atoms with Gasteiger partial charge in [0.15, 0.2) is 0 Å². The van der Waals surface area contributed by atoms with Crippen molar-refractivity contribution in [1.29, 1.82) is 0 Å². The van der Waals surface area contributed by atoms with Gasteiger partial charge in [-0.15, -0.1) is 0 Å². The molecule has 0 aliphatic carbocycles. The third-order valence-corrected chi connectivity index (χ3v) is 4.35. The fourth-order valence-corrected chi connectivity index (χ4v) is 2.85. The van der Waals surface area contributed by atoms with Gasteiger partial charge in [0.1, 0.15) is 0 Å². The van der Waals surface area contributed by atoms with Crippen molar-refractivity contribution in [3.8, 4) is 0 Å². The summed E-state index contributed by atoms with van der Waals surface area (Å²) in [5.74, 6) is 0.133. The van der Waals surface area contributed by atoms with E-state index in [0.717, 1.165) is 5.56 Å². The van der Waals surface area contributed by atoms with E-state index < -0.39 is 5.60 Å². The lowest BCUT2D eigenvalue weighted by Gasteiger charge is -2.47. The monoisotopic (exact) mass is 295 g/mol. The summed E-state index contributed by atoms with van der Waals surface area (Å²) in [6.45, 7) is 6.92. The Bertz CT molecular complexity index is 478. The van der Waals surface area contributed by atoms with Crippen molar-refractivity contribution in [2.24, 2.45) is 5.92 Å². The molecule has 0 bridgehead atoms. The van der Waals surface area contributed by atoms with E-state index in [2.05, 4.69) is 0 Å². The molecular weight excluding hydrogens is 274 g/mol. The molecule has 0 aromatic heterocycles. The number of β-amino-alcohol motifs (C(OH)–C–C–N with tert-alkyl or cyclic N) is 1. The van der Waals surface area contributed by atoms with Crippen LogP contribution in [0.3, 0.4) is 0 Å². The number of hydrogen-bond acceptors (Lipinski definition) is 2.